The van der Waals surface area contributed by atoms with Crippen LogP contribution in [0, 0.1) is 23.2 Å². The van der Waals surface area contributed by atoms with Crippen molar-refractivity contribution >= 4 is 5.91 Å². The molecule has 120 valence electrons. The minimum atomic E-state index is -0.781. The molecule has 0 aliphatic carbocycles. The van der Waals surface area contributed by atoms with Crippen LogP contribution in [0.15, 0.2) is 0 Å². The number of hydrogen-bond acceptors (Lipinski definition) is 4. The van der Waals surface area contributed by atoms with Crippen molar-refractivity contribution in [3.05, 3.63) is 0 Å². The SMILES string of the molecule is CC(C)CN1CCN(CC(=O)NC(C)(C#N)C(C)C)CC1. The van der Waals surface area contributed by atoms with E-state index in [1.54, 1.807) is 6.92 Å². The monoisotopic (exact) mass is 294 g/mol. The average molecular weight is 294 g/mol. The Bertz CT molecular complexity index is 380. The highest BCUT2D eigenvalue weighted by Gasteiger charge is 2.30. The number of carbonyl (C=O) groups excluding carboxylic acids is 1. The Kier molecular flexibility index (Phi) is 6.63. The van der Waals surface area contributed by atoms with Gasteiger partial charge in [0.2, 0.25) is 5.91 Å². The second-order valence-corrected chi connectivity index (χ2v) is 6.99. The molecule has 0 bridgehead atoms. The summed E-state index contributed by atoms with van der Waals surface area (Å²) in [5.41, 5.74) is -0.781. The standard InChI is InChI=1S/C16H30N4O/c1-13(2)10-19-6-8-20(9-7-19)11-15(21)18-16(5,12-17)14(3)4/h13-14H,6-11H2,1-5H3,(H,18,21). The summed E-state index contributed by atoms with van der Waals surface area (Å²) in [5, 5.41) is 12.1. The Hall–Kier alpha value is -1.12. The first-order valence-corrected chi connectivity index (χ1v) is 7.93. The summed E-state index contributed by atoms with van der Waals surface area (Å²) >= 11 is 0. The van der Waals surface area contributed by atoms with Crippen molar-refractivity contribution in [3.8, 4) is 6.07 Å². The lowest BCUT2D eigenvalue weighted by Gasteiger charge is -2.36. The highest BCUT2D eigenvalue weighted by atomic mass is 16.2. The molecule has 0 spiro atoms. The van der Waals surface area contributed by atoms with Crippen molar-refractivity contribution in [3.63, 3.8) is 0 Å². The molecule has 5 nitrogen and oxygen atoms in total. The van der Waals surface area contributed by atoms with E-state index >= 15 is 0 Å². The van der Waals surface area contributed by atoms with E-state index in [1.165, 1.54) is 0 Å². The highest BCUT2D eigenvalue weighted by Crippen LogP contribution is 2.15. The molecule has 1 aliphatic rings. The van der Waals surface area contributed by atoms with Gasteiger partial charge in [0.15, 0.2) is 0 Å². The van der Waals surface area contributed by atoms with Crippen LogP contribution >= 0.6 is 0 Å². The maximum Gasteiger partial charge on any atom is 0.235 e. The second kappa shape index (κ2) is 7.77. The highest BCUT2D eigenvalue weighted by molar-refractivity contribution is 5.79. The summed E-state index contributed by atoms with van der Waals surface area (Å²) in [7, 11) is 0. The van der Waals surface area contributed by atoms with Gasteiger partial charge in [0.25, 0.3) is 0 Å². The van der Waals surface area contributed by atoms with Crippen LogP contribution in [0.1, 0.15) is 34.6 Å². The minimum Gasteiger partial charge on any atom is -0.337 e. The average Bonchev–Trinajstić information content (AvgIpc) is 2.40. The maximum atomic E-state index is 12.1. The van der Waals surface area contributed by atoms with E-state index in [0.717, 1.165) is 32.7 Å². The van der Waals surface area contributed by atoms with Crippen molar-refractivity contribution < 1.29 is 4.79 Å². The van der Waals surface area contributed by atoms with Gasteiger partial charge in [-0.15, -0.1) is 0 Å². The van der Waals surface area contributed by atoms with Crippen LogP contribution in [-0.4, -0.2) is 60.5 Å². The molecule has 0 aromatic carbocycles. The van der Waals surface area contributed by atoms with Gasteiger partial charge < -0.3 is 10.2 Å². The number of carbonyl (C=O) groups is 1. The number of nitrogens with zero attached hydrogens (tertiary/aromatic N) is 3. The fraction of sp³-hybridized carbons (Fsp3) is 0.875. The summed E-state index contributed by atoms with van der Waals surface area (Å²) in [5.74, 6) is 0.724. The molecular weight excluding hydrogens is 264 g/mol. The van der Waals surface area contributed by atoms with Crippen molar-refractivity contribution in [1.82, 2.24) is 15.1 Å². The molecule has 1 heterocycles. The minimum absolute atomic E-state index is 0.0509. The first kappa shape index (κ1) is 17.9. The molecule has 5 heteroatoms. The topological polar surface area (TPSA) is 59.4 Å². The molecule has 1 amide bonds. The van der Waals surface area contributed by atoms with E-state index in [2.05, 4.69) is 35.0 Å². The van der Waals surface area contributed by atoms with E-state index in [-0.39, 0.29) is 11.8 Å². The molecule has 0 aromatic rings. The van der Waals surface area contributed by atoms with Gasteiger partial charge in [-0.05, 0) is 18.8 Å². The third kappa shape index (κ3) is 5.64. The van der Waals surface area contributed by atoms with Crippen LogP contribution in [0.5, 0.6) is 0 Å². The zero-order chi connectivity index (χ0) is 16.0. The molecule has 1 unspecified atom stereocenters. The Morgan fingerprint density at radius 1 is 1.19 bits per heavy atom. The molecule has 1 aliphatic heterocycles. The van der Waals surface area contributed by atoms with Crippen LogP contribution in [-0.2, 0) is 4.79 Å². The van der Waals surface area contributed by atoms with E-state index in [4.69, 9.17) is 0 Å². The van der Waals surface area contributed by atoms with E-state index < -0.39 is 5.54 Å². The van der Waals surface area contributed by atoms with Crippen LogP contribution in [0.3, 0.4) is 0 Å². The van der Waals surface area contributed by atoms with Crippen molar-refractivity contribution in [2.75, 3.05) is 39.3 Å². The lowest BCUT2D eigenvalue weighted by Crippen LogP contribution is -2.54. The number of piperazine rings is 1. The summed E-state index contributed by atoms with van der Waals surface area (Å²) in [6.45, 7) is 15.5. The van der Waals surface area contributed by atoms with Crippen LogP contribution in [0.4, 0.5) is 0 Å². The molecule has 0 radical (unpaired) electrons. The van der Waals surface area contributed by atoms with Gasteiger partial charge >= 0.3 is 0 Å². The van der Waals surface area contributed by atoms with Gasteiger partial charge in [-0.3, -0.25) is 9.69 Å². The van der Waals surface area contributed by atoms with Crippen LogP contribution in [0.25, 0.3) is 0 Å². The lowest BCUT2D eigenvalue weighted by atomic mass is 9.90. The van der Waals surface area contributed by atoms with Crippen molar-refractivity contribution in [2.45, 2.75) is 40.2 Å². The molecule has 1 rings (SSSR count). The van der Waals surface area contributed by atoms with Gasteiger partial charge in [-0.25, -0.2) is 0 Å². The predicted molar refractivity (Wildman–Crippen MR) is 84.7 cm³/mol. The normalized spacial score (nSPS) is 20.3. The van der Waals surface area contributed by atoms with E-state index in [0.29, 0.717) is 12.5 Å². The summed E-state index contributed by atoms with van der Waals surface area (Å²) in [4.78, 5) is 16.8. The largest absolute Gasteiger partial charge is 0.337 e. The predicted octanol–water partition coefficient (Wildman–Crippen LogP) is 1.31. The van der Waals surface area contributed by atoms with Gasteiger partial charge in [0.05, 0.1) is 12.6 Å². The van der Waals surface area contributed by atoms with Gasteiger partial charge in [0.1, 0.15) is 5.54 Å². The zero-order valence-corrected chi connectivity index (χ0v) is 14.1. The van der Waals surface area contributed by atoms with Gasteiger partial charge in [-0.2, -0.15) is 5.26 Å². The zero-order valence-electron chi connectivity index (χ0n) is 14.1. The fourth-order valence-corrected chi connectivity index (χ4v) is 2.48. The third-order valence-electron chi connectivity index (χ3n) is 4.24. The van der Waals surface area contributed by atoms with Gasteiger partial charge in [0, 0.05) is 32.7 Å². The lowest BCUT2D eigenvalue weighted by molar-refractivity contribution is -0.124. The summed E-state index contributed by atoms with van der Waals surface area (Å²) in [6, 6.07) is 2.22. The van der Waals surface area contributed by atoms with E-state index in [9.17, 15) is 10.1 Å². The summed E-state index contributed by atoms with van der Waals surface area (Å²) < 4.78 is 0. The molecular formula is C16H30N4O. The Labute approximate surface area is 129 Å². The number of nitrogens with one attached hydrogen (secondary N) is 1. The third-order valence-corrected chi connectivity index (χ3v) is 4.24. The second-order valence-electron chi connectivity index (χ2n) is 6.99. The Morgan fingerprint density at radius 2 is 1.71 bits per heavy atom. The maximum absolute atomic E-state index is 12.1. The quantitative estimate of drug-likeness (QED) is 0.802. The van der Waals surface area contributed by atoms with Crippen LogP contribution in [0.2, 0.25) is 0 Å². The molecule has 21 heavy (non-hydrogen) atoms. The van der Waals surface area contributed by atoms with Crippen molar-refractivity contribution in [2.24, 2.45) is 11.8 Å². The van der Waals surface area contributed by atoms with E-state index in [1.807, 2.05) is 13.8 Å². The molecule has 0 aromatic heterocycles. The molecule has 1 saturated heterocycles. The van der Waals surface area contributed by atoms with Crippen LogP contribution < -0.4 is 5.32 Å². The number of nitriles is 1. The number of rotatable bonds is 6. The van der Waals surface area contributed by atoms with Gasteiger partial charge in [-0.1, -0.05) is 27.7 Å². The molecule has 1 fully saturated rings. The first-order valence-electron chi connectivity index (χ1n) is 7.93. The first-order chi connectivity index (χ1) is 9.76. The number of amides is 1. The van der Waals surface area contributed by atoms with Crippen molar-refractivity contribution in [1.29, 1.82) is 5.26 Å². The Morgan fingerprint density at radius 3 is 2.14 bits per heavy atom. The molecule has 1 N–H and O–H groups in total. The summed E-state index contributed by atoms with van der Waals surface area (Å²) in [6.07, 6.45) is 0. The molecule has 0 saturated carbocycles. The number of hydrogen-bond donors (Lipinski definition) is 1. The Balaban J connectivity index is 2.39. The smallest absolute Gasteiger partial charge is 0.235 e. The fourth-order valence-electron chi connectivity index (χ4n) is 2.48. The molecule has 1 atom stereocenters.